The van der Waals surface area contributed by atoms with E-state index in [1.807, 2.05) is 30.3 Å². The highest BCUT2D eigenvalue weighted by atomic mass is 32.2. The van der Waals surface area contributed by atoms with Crippen LogP contribution in [0.1, 0.15) is 17.0 Å². The van der Waals surface area contributed by atoms with Gasteiger partial charge in [-0.1, -0.05) is 17.3 Å². The fourth-order valence-corrected chi connectivity index (χ4v) is 3.65. The van der Waals surface area contributed by atoms with Gasteiger partial charge in [-0.25, -0.2) is 13.1 Å². The zero-order valence-corrected chi connectivity index (χ0v) is 14.0. The first-order chi connectivity index (χ1) is 11.5. The van der Waals surface area contributed by atoms with Crippen molar-refractivity contribution in [2.45, 2.75) is 25.3 Å². The monoisotopic (exact) mass is 344 g/mol. The van der Waals surface area contributed by atoms with Crippen molar-refractivity contribution in [3.8, 4) is 11.4 Å². The van der Waals surface area contributed by atoms with Crippen LogP contribution >= 0.6 is 0 Å². The van der Waals surface area contributed by atoms with Crippen molar-refractivity contribution in [3.05, 3.63) is 59.7 Å². The summed E-state index contributed by atoms with van der Waals surface area (Å²) in [5, 5.41) is 3.67. The van der Waals surface area contributed by atoms with Gasteiger partial charge in [0.05, 0.1) is 11.4 Å². The van der Waals surface area contributed by atoms with E-state index in [0.29, 0.717) is 5.69 Å². The number of hydrogen-bond acceptors (Lipinski definition) is 6. The molecule has 7 nitrogen and oxygen atoms in total. The molecule has 3 aromatic heterocycles. The third-order valence-electron chi connectivity index (χ3n) is 3.45. The molecule has 24 heavy (non-hydrogen) atoms. The quantitative estimate of drug-likeness (QED) is 0.762. The molecule has 1 N–H and O–H groups in total. The number of hydrogen-bond donors (Lipinski definition) is 1. The van der Waals surface area contributed by atoms with E-state index in [0.717, 1.165) is 17.0 Å². The highest BCUT2D eigenvalue weighted by molar-refractivity contribution is 7.89. The fraction of sp³-hybridized carbons (Fsp3) is 0.188. The van der Waals surface area contributed by atoms with Crippen LogP contribution in [0.3, 0.4) is 0 Å². The smallest absolute Gasteiger partial charge is 0.246 e. The van der Waals surface area contributed by atoms with Crippen LogP contribution in [0.15, 0.2) is 52.1 Å². The maximum absolute atomic E-state index is 12.4. The summed E-state index contributed by atoms with van der Waals surface area (Å²) in [7, 11) is -3.69. The van der Waals surface area contributed by atoms with E-state index in [1.165, 1.54) is 0 Å². The average molecular weight is 344 g/mol. The van der Waals surface area contributed by atoms with E-state index in [4.69, 9.17) is 4.52 Å². The number of rotatable bonds is 5. The second-order valence-electron chi connectivity index (χ2n) is 5.24. The number of sulfonamides is 1. The first kappa shape index (κ1) is 16.3. The number of aryl methyl sites for hydroxylation is 2. The van der Waals surface area contributed by atoms with Gasteiger partial charge in [-0.2, -0.15) is 0 Å². The van der Waals surface area contributed by atoms with Crippen molar-refractivity contribution in [2.75, 3.05) is 0 Å². The lowest BCUT2D eigenvalue weighted by atomic mass is 10.2. The molecule has 0 unspecified atom stereocenters. The minimum Gasteiger partial charge on any atom is -0.360 e. The van der Waals surface area contributed by atoms with Crippen molar-refractivity contribution in [1.29, 1.82) is 0 Å². The molecule has 0 aliphatic heterocycles. The number of pyridine rings is 2. The van der Waals surface area contributed by atoms with Crippen LogP contribution in [0, 0.1) is 13.8 Å². The molecular formula is C16H16N4O3S. The molecule has 0 spiro atoms. The van der Waals surface area contributed by atoms with Crippen LogP contribution < -0.4 is 4.72 Å². The Bertz CT molecular complexity index is 916. The van der Waals surface area contributed by atoms with Crippen molar-refractivity contribution in [2.24, 2.45) is 0 Å². The SMILES string of the molecule is Cc1noc(C)c1S(=O)(=O)NCc1ccc(-c2ccccn2)nc1. The first-order valence-electron chi connectivity index (χ1n) is 7.26. The third-order valence-corrected chi connectivity index (χ3v) is 5.10. The highest BCUT2D eigenvalue weighted by Gasteiger charge is 2.23. The molecule has 0 saturated carbocycles. The number of nitrogens with one attached hydrogen (secondary N) is 1. The van der Waals surface area contributed by atoms with E-state index >= 15 is 0 Å². The van der Waals surface area contributed by atoms with Gasteiger partial charge >= 0.3 is 0 Å². The average Bonchev–Trinajstić information content (AvgIpc) is 2.94. The van der Waals surface area contributed by atoms with Gasteiger partial charge in [-0.15, -0.1) is 0 Å². The summed E-state index contributed by atoms with van der Waals surface area (Å²) in [5.41, 5.74) is 2.57. The van der Waals surface area contributed by atoms with Gasteiger partial charge in [-0.05, 0) is 37.6 Å². The van der Waals surface area contributed by atoms with Crippen molar-refractivity contribution >= 4 is 10.0 Å². The Morgan fingerprint density at radius 2 is 1.88 bits per heavy atom. The standard InChI is InChI=1S/C16H16N4O3S/c1-11-16(12(2)23-20-11)24(21,22)19-10-13-6-7-15(18-9-13)14-5-3-4-8-17-14/h3-9,19H,10H2,1-2H3. The number of nitrogens with zero attached hydrogens (tertiary/aromatic N) is 3. The summed E-state index contributed by atoms with van der Waals surface area (Å²) in [5.74, 6) is 0.267. The number of aromatic nitrogens is 3. The van der Waals surface area contributed by atoms with Crippen LogP contribution in [-0.2, 0) is 16.6 Å². The van der Waals surface area contributed by atoms with E-state index < -0.39 is 10.0 Å². The summed E-state index contributed by atoms with van der Waals surface area (Å²) >= 11 is 0. The minimum atomic E-state index is -3.69. The molecular weight excluding hydrogens is 328 g/mol. The lowest BCUT2D eigenvalue weighted by Crippen LogP contribution is -2.24. The molecule has 0 radical (unpaired) electrons. The predicted octanol–water partition coefficient (Wildman–Crippen LogP) is 2.23. The molecule has 8 heteroatoms. The molecule has 0 atom stereocenters. The maximum atomic E-state index is 12.4. The van der Waals surface area contributed by atoms with Crippen molar-refractivity contribution in [1.82, 2.24) is 19.8 Å². The molecule has 0 aliphatic rings. The Labute approximate surface area is 139 Å². The van der Waals surface area contributed by atoms with Crippen LogP contribution in [0.5, 0.6) is 0 Å². The van der Waals surface area contributed by atoms with E-state index in [2.05, 4.69) is 19.8 Å². The van der Waals surface area contributed by atoms with Crippen LogP contribution in [0.25, 0.3) is 11.4 Å². The Morgan fingerprint density at radius 3 is 2.46 bits per heavy atom. The molecule has 3 aromatic rings. The molecule has 124 valence electrons. The first-order valence-corrected chi connectivity index (χ1v) is 8.74. The maximum Gasteiger partial charge on any atom is 0.246 e. The Kier molecular flexibility index (Phi) is 4.41. The summed E-state index contributed by atoms with van der Waals surface area (Å²) < 4.78 is 32.2. The summed E-state index contributed by atoms with van der Waals surface area (Å²) in [6.45, 7) is 3.29. The molecule has 3 rings (SSSR count). The predicted molar refractivity (Wildman–Crippen MR) is 87.5 cm³/mol. The van der Waals surface area contributed by atoms with Gasteiger partial charge in [0.2, 0.25) is 10.0 Å². The summed E-state index contributed by atoms with van der Waals surface area (Å²) in [6.07, 6.45) is 3.32. The van der Waals surface area contributed by atoms with E-state index in [-0.39, 0.29) is 17.2 Å². The molecule has 0 fully saturated rings. The molecule has 0 bridgehead atoms. The molecule has 0 amide bonds. The van der Waals surface area contributed by atoms with Gasteiger partial charge in [0.15, 0.2) is 5.76 Å². The second-order valence-corrected chi connectivity index (χ2v) is 6.95. The van der Waals surface area contributed by atoms with Crippen LogP contribution in [0.2, 0.25) is 0 Å². The second kappa shape index (κ2) is 6.50. The van der Waals surface area contributed by atoms with Gasteiger partial charge in [-0.3, -0.25) is 9.97 Å². The van der Waals surface area contributed by atoms with Crippen molar-refractivity contribution in [3.63, 3.8) is 0 Å². The van der Waals surface area contributed by atoms with Gasteiger partial charge in [0.1, 0.15) is 10.6 Å². The summed E-state index contributed by atoms with van der Waals surface area (Å²) in [6, 6.07) is 9.20. The molecule has 3 heterocycles. The third kappa shape index (κ3) is 3.34. The zero-order chi connectivity index (χ0) is 17.2. The molecule has 0 aliphatic carbocycles. The van der Waals surface area contributed by atoms with Gasteiger partial charge in [0, 0.05) is 18.9 Å². The van der Waals surface area contributed by atoms with Gasteiger partial charge < -0.3 is 4.52 Å². The Balaban J connectivity index is 1.73. The Hall–Kier alpha value is -2.58. The van der Waals surface area contributed by atoms with Gasteiger partial charge in [0.25, 0.3) is 0 Å². The van der Waals surface area contributed by atoms with Crippen LogP contribution in [-0.4, -0.2) is 23.5 Å². The van der Waals surface area contributed by atoms with Crippen LogP contribution in [0.4, 0.5) is 0 Å². The van der Waals surface area contributed by atoms with E-state index in [1.54, 1.807) is 26.2 Å². The van der Waals surface area contributed by atoms with E-state index in [9.17, 15) is 8.42 Å². The molecule has 0 aromatic carbocycles. The summed E-state index contributed by atoms with van der Waals surface area (Å²) in [4.78, 5) is 8.63. The topological polar surface area (TPSA) is 98.0 Å². The lowest BCUT2D eigenvalue weighted by molar-refractivity contribution is 0.390. The Morgan fingerprint density at radius 1 is 1.08 bits per heavy atom. The van der Waals surface area contributed by atoms with Crippen molar-refractivity contribution < 1.29 is 12.9 Å². The highest BCUT2D eigenvalue weighted by Crippen LogP contribution is 2.19. The minimum absolute atomic E-state index is 0.0839. The lowest BCUT2D eigenvalue weighted by Gasteiger charge is -2.07. The molecule has 0 saturated heterocycles. The fourth-order valence-electron chi connectivity index (χ4n) is 2.30. The normalized spacial score (nSPS) is 11.6. The zero-order valence-electron chi connectivity index (χ0n) is 13.2. The largest absolute Gasteiger partial charge is 0.360 e.